The van der Waals surface area contributed by atoms with E-state index in [0.717, 1.165) is 12.8 Å². The Balaban J connectivity index is -0.000000114. The molecule has 30 N–H and O–H groups in total. The minimum Gasteiger partial charge on any atom is -0.330 e. The lowest BCUT2D eigenvalue weighted by Gasteiger charge is -2.04. The van der Waals surface area contributed by atoms with Crippen LogP contribution in [0.15, 0.2) is 0 Å². The summed E-state index contributed by atoms with van der Waals surface area (Å²) in [7, 11) is -54.6. The van der Waals surface area contributed by atoms with E-state index in [-0.39, 0.29) is 6.04 Å². The van der Waals surface area contributed by atoms with Gasteiger partial charge in [-0.2, -0.15) is 0 Å². The topological polar surface area (TPSA) is 768 Å². The molecule has 386 valence electrons. The standard InChI is InChI=1S/C5H15N3.6CH6O6P2/c6-3-1-2-5(8)4-7;6*2-8(3,4)1-9(5,6)7/h5H,1-4,6-8H2;6*1H2,(H2,2,3,4)(H2,5,6,7). The molecule has 0 amide bonds. The van der Waals surface area contributed by atoms with E-state index in [1.165, 1.54) is 0 Å². The summed E-state index contributed by atoms with van der Waals surface area (Å²) in [6.45, 7) is 1.29. The second kappa shape index (κ2) is 31.7. The maximum absolute atomic E-state index is 9.85. The molecule has 0 aromatic rings. The van der Waals surface area contributed by atoms with Gasteiger partial charge in [0, 0.05) is 12.6 Å². The van der Waals surface area contributed by atoms with Crippen LogP contribution in [0.5, 0.6) is 0 Å². The molecule has 0 radical (unpaired) electrons. The van der Waals surface area contributed by atoms with Gasteiger partial charge >= 0.3 is 91.1 Å². The van der Waals surface area contributed by atoms with Crippen LogP contribution in [-0.4, -0.2) is 172 Å². The predicted octanol–water partition coefficient (Wildman–Crippen LogP) is -5.19. The van der Waals surface area contributed by atoms with Gasteiger partial charge in [-0.1, -0.05) is 0 Å². The highest BCUT2D eigenvalue weighted by molar-refractivity contribution is 7.71. The monoisotopic (exact) mass is 1170 g/mol. The summed E-state index contributed by atoms with van der Waals surface area (Å²) < 4.78 is 118. The van der Waals surface area contributed by atoms with Crippen LogP contribution in [0.2, 0.25) is 0 Å². The molecule has 0 aromatic carbocycles. The van der Waals surface area contributed by atoms with Crippen molar-refractivity contribution in [1.29, 1.82) is 0 Å². The van der Waals surface area contributed by atoms with Gasteiger partial charge in [-0.05, 0) is 19.4 Å². The Morgan fingerprint density at radius 3 is 0.435 bits per heavy atom. The SMILES string of the molecule is NCCCC(N)CN.O=P(O)(O)CP(=O)(O)O.O=P(O)(O)CP(=O)(O)O.O=P(O)(O)CP(=O)(O)O.O=P(O)(O)CP(=O)(O)O.O=P(O)(O)CP(=O)(O)O.O=P(O)(O)CP(=O)(O)O. The highest BCUT2D eigenvalue weighted by atomic mass is 31.3. The predicted molar refractivity (Wildman–Crippen MR) is 209 cm³/mol. The zero-order valence-electron chi connectivity index (χ0n) is 30.4. The third kappa shape index (κ3) is 119. The second-order valence-corrected chi connectivity index (χ2v) is 33.5. The molecule has 0 aromatic heterocycles. The van der Waals surface area contributed by atoms with Gasteiger partial charge in [0.1, 0.15) is 0 Å². The molecule has 62 heavy (non-hydrogen) atoms. The van der Waals surface area contributed by atoms with Crippen LogP contribution < -0.4 is 17.2 Å². The highest BCUT2D eigenvalue weighted by Gasteiger charge is 2.30. The van der Waals surface area contributed by atoms with Gasteiger partial charge in [0.2, 0.25) is 0 Å². The fourth-order valence-corrected chi connectivity index (χ4v) is 13.5. The summed E-state index contributed by atoms with van der Waals surface area (Å²) in [5.41, 5.74) is 16.0. The van der Waals surface area contributed by atoms with E-state index in [2.05, 4.69) is 0 Å². The van der Waals surface area contributed by atoms with Gasteiger partial charge in [-0.3, -0.25) is 54.8 Å². The van der Waals surface area contributed by atoms with Gasteiger partial charge in [-0.15, -0.1) is 0 Å². The van der Waals surface area contributed by atoms with Gasteiger partial charge in [-0.25, -0.2) is 0 Å². The van der Waals surface area contributed by atoms with Gasteiger partial charge in [0.05, 0.1) is 0 Å². The van der Waals surface area contributed by atoms with Crippen molar-refractivity contribution >= 4 is 91.1 Å². The number of nitrogens with two attached hydrogens (primary N) is 3. The largest absolute Gasteiger partial charge is 0.337 e. The van der Waals surface area contributed by atoms with Crippen molar-refractivity contribution in [2.45, 2.75) is 18.9 Å². The lowest BCUT2D eigenvalue weighted by Crippen LogP contribution is -2.29. The van der Waals surface area contributed by atoms with Gasteiger partial charge < -0.3 is 135 Å². The molecular formula is C11H51N3O36P12. The first-order valence-electron chi connectivity index (χ1n) is 13.8. The molecule has 51 heteroatoms. The van der Waals surface area contributed by atoms with Crippen LogP contribution in [0.25, 0.3) is 0 Å². The molecule has 39 nitrogen and oxygen atoms in total. The molecule has 0 spiro atoms. The van der Waals surface area contributed by atoms with Crippen molar-refractivity contribution in [1.82, 2.24) is 0 Å². The first-order chi connectivity index (χ1) is 26.1. The number of hydrogen-bond donors (Lipinski definition) is 27. The number of hydrogen-bond acceptors (Lipinski definition) is 15. The summed E-state index contributed by atoms with van der Waals surface area (Å²) in [6.07, 6.45) is 1.94. The van der Waals surface area contributed by atoms with Crippen molar-refractivity contribution < 1.29 is 172 Å². The summed E-state index contributed by atoms with van der Waals surface area (Å²) in [5, 5.41) is 0. The minimum absolute atomic E-state index is 0.151. The lowest BCUT2D eigenvalue weighted by molar-refractivity contribution is 0.352. The van der Waals surface area contributed by atoms with E-state index in [0.29, 0.717) is 13.1 Å². The molecule has 0 heterocycles. The summed E-state index contributed by atoms with van der Waals surface area (Å²) in [6, 6.07) is 0.151. The quantitative estimate of drug-likeness (QED) is 0.0642. The summed E-state index contributed by atoms with van der Waals surface area (Å²) in [4.78, 5) is 191. The maximum atomic E-state index is 9.85. The van der Waals surface area contributed by atoms with Crippen LogP contribution in [0.1, 0.15) is 12.8 Å². The molecule has 0 saturated heterocycles. The Morgan fingerprint density at radius 2 is 0.387 bits per heavy atom. The third-order valence-electron chi connectivity index (χ3n) is 3.29. The Morgan fingerprint density at radius 1 is 0.274 bits per heavy atom. The maximum Gasteiger partial charge on any atom is 0.337 e. The molecule has 0 aliphatic heterocycles. The van der Waals surface area contributed by atoms with E-state index >= 15 is 0 Å². The van der Waals surface area contributed by atoms with Crippen LogP contribution in [0, 0.1) is 0 Å². The van der Waals surface area contributed by atoms with Crippen LogP contribution in [0.3, 0.4) is 0 Å². The summed E-state index contributed by atoms with van der Waals surface area (Å²) in [5.74, 6) is -8.25. The van der Waals surface area contributed by atoms with Crippen molar-refractivity contribution in [3.8, 4) is 0 Å². The molecule has 1 unspecified atom stereocenters. The minimum atomic E-state index is -4.55. The summed E-state index contributed by atoms with van der Waals surface area (Å²) >= 11 is 0. The molecule has 0 saturated carbocycles. The average molecular weight is 1170 g/mol. The van der Waals surface area contributed by atoms with E-state index < -0.39 is 127 Å². The fraction of sp³-hybridized carbons (Fsp3) is 1.00. The smallest absolute Gasteiger partial charge is 0.330 e. The van der Waals surface area contributed by atoms with Gasteiger partial charge in [0.15, 0.2) is 35.4 Å². The average Bonchev–Trinajstić information content (AvgIpc) is 2.75. The number of rotatable bonds is 16. The molecule has 0 aliphatic rings. The van der Waals surface area contributed by atoms with E-state index in [1.807, 2.05) is 0 Å². The zero-order chi connectivity index (χ0) is 52.6. The second-order valence-electron chi connectivity index (χ2n) is 10.8. The molecule has 1 atom stereocenters. The molecule has 0 bridgehead atoms. The van der Waals surface area contributed by atoms with Crippen molar-refractivity contribution in [3.63, 3.8) is 0 Å². The van der Waals surface area contributed by atoms with E-state index in [1.54, 1.807) is 0 Å². The first-order valence-corrected chi connectivity index (χ1v) is 35.3. The third-order valence-corrected chi connectivity index (χ3v) is 21.0. The van der Waals surface area contributed by atoms with Gasteiger partial charge in [0.25, 0.3) is 0 Å². The van der Waals surface area contributed by atoms with Crippen molar-refractivity contribution in [2.75, 3.05) is 48.5 Å². The lowest BCUT2D eigenvalue weighted by atomic mass is 10.2. The Labute approximate surface area is 347 Å². The van der Waals surface area contributed by atoms with Crippen LogP contribution in [-0.2, 0) is 54.8 Å². The van der Waals surface area contributed by atoms with Crippen molar-refractivity contribution in [2.24, 2.45) is 17.2 Å². The van der Waals surface area contributed by atoms with Crippen molar-refractivity contribution in [3.05, 3.63) is 0 Å². The molecule has 0 rings (SSSR count). The van der Waals surface area contributed by atoms with Crippen LogP contribution >= 0.6 is 91.1 Å². The van der Waals surface area contributed by atoms with E-state index in [9.17, 15) is 54.8 Å². The van der Waals surface area contributed by atoms with E-state index in [4.69, 9.17) is 135 Å². The normalized spacial score (nSPS) is 13.8. The zero-order valence-corrected chi connectivity index (χ0v) is 41.1. The fourth-order valence-electron chi connectivity index (χ4n) is 1.94. The Hall–Kier alpha value is 1.68. The highest BCUT2D eigenvalue weighted by Crippen LogP contribution is 2.54. The molecule has 0 aliphatic carbocycles. The Kier molecular flexibility index (Phi) is 39.9. The Bertz CT molecular complexity index is 1380. The van der Waals surface area contributed by atoms with Crippen LogP contribution in [0.4, 0.5) is 0 Å². The first kappa shape index (κ1) is 77.9. The molecule has 0 fully saturated rings. The molecular weight excluding hydrogens is 1120 g/mol.